The number of pyridine rings is 1. The zero-order valence-electron chi connectivity index (χ0n) is 12.8. The number of hydrogen-bond donors (Lipinski definition) is 0. The Morgan fingerprint density at radius 2 is 2.09 bits per heavy atom. The Morgan fingerprint density at radius 3 is 2.65 bits per heavy atom. The van der Waals surface area contributed by atoms with Crippen molar-refractivity contribution >= 4 is 10.0 Å². The van der Waals surface area contributed by atoms with Crippen LogP contribution in [-0.2, 0) is 10.0 Å². The van der Waals surface area contributed by atoms with Crippen LogP contribution >= 0.6 is 0 Å². The highest BCUT2D eigenvalue weighted by atomic mass is 32.2. The third-order valence-electron chi connectivity index (χ3n) is 3.58. The second-order valence-electron chi connectivity index (χ2n) is 4.90. The quantitative estimate of drug-likeness (QED) is 0.843. The Labute approximate surface area is 135 Å². The molecule has 0 fully saturated rings. The summed E-state index contributed by atoms with van der Waals surface area (Å²) >= 11 is 0. The minimum absolute atomic E-state index is 0.180. The summed E-state index contributed by atoms with van der Waals surface area (Å²) in [6.07, 6.45) is 3.18. The molecule has 1 aromatic heterocycles. The van der Waals surface area contributed by atoms with Crippen molar-refractivity contribution in [1.82, 2.24) is 9.29 Å². The lowest BCUT2D eigenvalue weighted by molar-refractivity contribution is 0.356. The van der Waals surface area contributed by atoms with Gasteiger partial charge in [-0.05, 0) is 30.7 Å². The van der Waals surface area contributed by atoms with Crippen LogP contribution in [0.2, 0.25) is 0 Å². The average Bonchev–Trinajstić information content (AvgIpc) is 2.55. The molecule has 0 aliphatic carbocycles. The molecule has 0 saturated carbocycles. The smallest absolute Gasteiger partial charge is 0.245 e. The first-order chi connectivity index (χ1) is 10.9. The third kappa shape index (κ3) is 3.23. The molecule has 0 amide bonds. The molecule has 120 valence electrons. The van der Waals surface area contributed by atoms with Crippen molar-refractivity contribution in [3.63, 3.8) is 0 Å². The SMILES string of the molecule is CCN([C@@H](C)c1cccnc1)S(=O)(=O)c1cccc(F)c1C#N. The molecule has 1 aromatic carbocycles. The van der Waals surface area contributed by atoms with Crippen molar-refractivity contribution in [3.8, 4) is 6.07 Å². The summed E-state index contributed by atoms with van der Waals surface area (Å²) in [6.45, 7) is 3.60. The molecule has 0 bridgehead atoms. The van der Waals surface area contributed by atoms with Crippen molar-refractivity contribution in [3.05, 3.63) is 59.7 Å². The molecule has 0 saturated heterocycles. The molecule has 0 unspecified atom stereocenters. The van der Waals surface area contributed by atoms with Gasteiger partial charge in [-0.25, -0.2) is 12.8 Å². The maximum atomic E-state index is 13.8. The molecule has 0 aliphatic heterocycles. The molecule has 23 heavy (non-hydrogen) atoms. The van der Waals surface area contributed by atoms with Crippen molar-refractivity contribution in [2.75, 3.05) is 6.54 Å². The van der Waals surface area contributed by atoms with Crippen molar-refractivity contribution < 1.29 is 12.8 Å². The maximum absolute atomic E-state index is 13.8. The molecular weight excluding hydrogens is 317 g/mol. The van der Waals surface area contributed by atoms with E-state index in [1.54, 1.807) is 44.4 Å². The van der Waals surface area contributed by atoms with Gasteiger partial charge in [0.15, 0.2) is 0 Å². The predicted molar refractivity (Wildman–Crippen MR) is 83.3 cm³/mol. The van der Waals surface area contributed by atoms with Crippen LogP contribution < -0.4 is 0 Å². The Morgan fingerprint density at radius 1 is 1.35 bits per heavy atom. The van der Waals surface area contributed by atoms with Gasteiger partial charge < -0.3 is 0 Å². The highest BCUT2D eigenvalue weighted by Crippen LogP contribution is 2.29. The fourth-order valence-corrected chi connectivity index (χ4v) is 4.18. The summed E-state index contributed by atoms with van der Waals surface area (Å²) in [5.74, 6) is -0.848. The molecule has 1 atom stereocenters. The fourth-order valence-electron chi connectivity index (χ4n) is 2.40. The number of halogens is 1. The maximum Gasteiger partial charge on any atom is 0.245 e. The van der Waals surface area contributed by atoms with Gasteiger partial charge in [0.1, 0.15) is 22.3 Å². The molecule has 0 aliphatic rings. The summed E-state index contributed by atoms with van der Waals surface area (Å²) in [7, 11) is -4.02. The number of rotatable bonds is 5. The van der Waals surface area contributed by atoms with Gasteiger partial charge in [0.05, 0.1) is 0 Å². The summed E-state index contributed by atoms with van der Waals surface area (Å²) in [6, 6.07) is 8.23. The first kappa shape index (κ1) is 17.1. The van der Waals surface area contributed by atoms with E-state index in [0.29, 0.717) is 5.56 Å². The minimum Gasteiger partial charge on any atom is -0.264 e. The van der Waals surface area contributed by atoms with E-state index >= 15 is 0 Å². The minimum atomic E-state index is -4.02. The van der Waals surface area contributed by atoms with E-state index in [9.17, 15) is 12.8 Å². The van der Waals surface area contributed by atoms with Crippen molar-refractivity contribution in [1.29, 1.82) is 5.26 Å². The van der Waals surface area contributed by atoms with Crippen LogP contribution in [0.5, 0.6) is 0 Å². The molecule has 0 radical (unpaired) electrons. The Hall–Kier alpha value is -2.30. The number of hydrogen-bond acceptors (Lipinski definition) is 4. The van der Waals surface area contributed by atoms with Crippen LogP contribution in [0.4, 0.5) is 4.39 Å². The molecule has 2 rings (SSSR count). The van der Waals surface area contributed by atoms with Gasteiger partial charge in [-0.2, -0.15) is 9.57 Å². The topological polar surface area (TPSA) is 74.1 Å². The predicted octanol–water partition coefficient (Wildman–Crippen LogP) is 2.86. The Kier molecular flexibility index (Phi) is 5.08. The highest BCUT2D eigenvalue weighted by molar-refractivity contribution is 7.89. The Balaban J connectivity index is 2.53. The molecule has 0 N–H and O–H groups in total. The van der Waals surface area contributed by atoms with Crippen LogP contribution in [0.15, 0.2) is 47.6 Å². The fraction of sp³-hybridized carbons (Fsp3) is 0.250. The first-order valence-electron chi connectivity index (χ1n) is 7.03. The van der Waals surface area contributed by atoms with Crippen LogP contribution in [0.3, 0.4) is 0 Å². The molecule has 5 nitrogen and oxygen atoms in total. The summed E-state index contributed by atoms with van der Waals surface area (Å²) in [5.41, 5.74) is 0.247. The largest absolute Gasteiger partial charge is 0.264 e. The van der Waals surface area contributed by atoms with E-state index < -0.39 is 27.4 Å². The number of aromatic nitrogens is 1. The van der Waals surface area contributed by atoms with Gasteiger partial charge in [0.25, 0.3) is 0 Å². The van der Waals surface area contributed by atoms with E-state index in [4.69, 9.17) is 5.26 Å². The van der Waals surface area contributed by atoms with Crippen LogP contribution in [-0.4, -0.2) is 24.3 Å². The normalized spacial score (nSPS) is 12.8. The number of nitrogens with zero attached hydrogens (tertiary/aromatic N) is 3. The van der Waals surface area contributed by atoms with Gasteiger partial charge in [-0.1, -0.05) is 19.1 Å². The molecule has 0 spiro atoms. The summed E-state index contributed by atoms with van der Waals surface area (Å²) < 4.78 is 40.8. The lowest BCUT2D eigenvalue weighted by Gasteiger charge is -2.27. The number of sulfonamides is 1. The second kappa shape index (κ2) is 6.86. The third-order valence-corrected chi connectivity index (χ3v) is 5.67. The van der Waals surface area contributed by atoms with Crippen LogP contribution in [0, 0.1) is 17.1 Å². The monoisotopic (exact) mass is 333 g/mol. The van der Waals surface area contributed by atoms with Gasteiger partial charge >= 0.3 is 0 Å². The van der Waals surface area contributed by atoms with Gasteiger partial charge in [-0.15, -0.1) is 0 Å². The lowest BCUT2D eigenvalue weighted by atomic mass is 10.1. The van der Waals surface area contributed by atoms with Gasteiger partial charge in [0.2, 0.25) is 10.0 Å². The zero-order chi connectivity index (χ0) is 17.0. The second-order valence-corrected chi connectivity index (χ2v) is 6.75. The van der Waals surface area contributed by atoms with Gasteiger partial charge in [0, 0.05) is 25.0 Å². The molecule has 2 aromatic rings. The number of benzene rings is 1. The van der Waals surface area contributed by atoms with Crippen LogP contribution in [0.25, 0.3) is 0 Å². The van der Waals surface area contributed by atoms with E-state index in [2.05, 4.69) is 4.98 Å². The van der Waals surface area contributed by atoms with E-state index in [0.717, 1.165) is 6.07 Å². The summed E-state index contributed by atoms with van der Waals surface area (Å²) in [5, 5.41) is 9.09. The highest BCUT2D eigenvalue weighted by Gasteiger charge is 2.31. The van der Waals surface area contributed by atoms with E-state index in [-0.39, 0.29) is 11.4 Å². The number of nitriles is 1. The Bertz CT molecular complexity index is 832. The van der Waals surface area contributed by atoms with E-state index in [1.165, 1.54) is 16.4 Å². The van der Waals surface area contributed by atoms with Gasteiger partial charge in [-0.3, -0.25) is 4.98 Å². The standard InChI is InChI=1S/C16H16FN3O2S/c1-3-20(12(2)13-6-5-9-19-11-13)23(21,22)16-8-4-7-15(17)14(16)10-18/h4-9,11-12H,3H2,1-2H3/t12-/m0/s1. The molecular formula is C16H16FN3O2S. The van der Waals surface area contributed by atoms with E-state index in [1.807, 2.05) is 0 Å². The lowest BCUT2D eigenvalue weighted by Crippen LogP contribution is -2.34. The summed E-state index contributed by atoms with van der Waals surface area (Å²) in [4.78, 5) is 3.67. The van der Waals surface area contributed by atoms with Crippen LogP contribution in [0.1, 0.15) is 31.0 Å². The zero-order valence-corrected chi connectivity index (χ0v) is 13.6. The average molecular weight is 333 g/mol. The first-order valence-corrected chi connectivity index (χ1v) is 8.47. The molecule has 7 heteroatoms. The molecule has 1 heterocycles. The van der Waals surface area contributed by atoms with Crippen molar-refractivity contribution in [2.45, 2.75) is 24.8 Å². The van der Waals surface area contributed by atoms with Crippen molar-refractivity contribution in [2.24, 2.45) is 0 Å².